The zero-order chi connectivity index (χ0) is 21.3. The number of fused-ring (bicyclic) bond motifs is 1. The van der Waals surface area contributed by atoms with E-state index in [4.69, 9.17) is 11.6 Å². The summed E-state index contributed by atoms with van der Waals surface area (Å²) in [5.74, 6) is -0.154. The first-order chi connectivity index (χ1) is 14.4. The highest BCUT2D eigenvalue weighted by atomic mass is 35.5. The standard InChI is InChI=1S/C25H28ClN3O/c1-16-14-29(15-17(2)27-16)20-11-12-24(26)23(13-20)25(30)28-18(3)21-10-6-8-19-7-4-5-9-22(19)21/h4-13,16-18,27H,14-15H2,1-3H3,(H,28,30)/t16-,17+,18-/m1/s1. The van der Waals surface area contributed by atoms with Gasteiger partial charge in [-0.2, -0.15) is 0 Å². The largest absolute Gasteiger partial charge is 0.368 e. The summed E-state index contributed by atoms with van der Waals surface area (Å²) in [6, 6.07) is 20.8. The number of carbonyl (C=O) groups excluding carboxylic acids is 1. The van der Waals surface area contributed by atoms with Gasteiger partial charge in [0, 0.05) is 30.9 Å². The van der Waals surface area contributed by atoms with Crippen molar-refractivity contribution >= 4 is 34.0 Å². The summed E-state index contributed by atoms with van der Waals surface area (Å²) < 4.78 is 0. The predicted molar refractivity (Wildman–Crippen MR) is 126 cm³/mol. The second-order valence-corrected chi connectivity index (χ2v) is 8.71. The number of nitrogens with one attached hydrogen (secondary N) is 2. The number of nitrogens with zero attached hydrogens (tertiary/aromatic N) is 1. The van der Waals surface area contributed by atoms with Crippen LogP contribution in [0.5, 0.6) is 0 Å². The Morgan fingerprint density at radius 2 is 1.77 bits per heavy atom. The number of benzene rings is 3. The molecule has 1 amide bonds. The molecule has 0 bridgehead atoms. The lowest BCUT2D eigenvalue weighted by Gasteiger charge is -2.37. The average molecular weight is 422 g/mol. The molecular weight excluding hydrogens is 394 g/mol. The summed E-state index contributed by atoms with van der Waals surface area (Å²) >= 11 is 6.42. The maximum atomic E-state index is 13.1. The molecule has 0 spiro atoms. The van der Waals surface area contributed by atoms with Crippen molar-refractivity contribution in [1.29, 1.82) is 0 Å². The van der Waals surface area contributed by atoms with Crippen molar-refractivity contribution in [3.05, 3.63) is 76.8 Å². The number of anilines is 1. The van der Waals surface area contributed by atoms with Crippen molar-refractivity contribution in [2.24, 2.45) is 0 Å². The molecular formula is C25H28ClN3O. The van der Waals surface area contributed by atoms with Crippen LogP contribution in [-0.2, 0) is 0 Å². The molecule has 4 nitrogen and oxygen atoms in total. The molecule has 5 heteroatoms. The van der Waals surface area contributed by atoms with Gasteiger partial charge in [0.1, 0.15) is 0 Å². The van der Waals surface area contributed by atoms with Crippen LogP contribution in [0.1, 0.15) is 42.7 Å². The second kappa shape index (κ2) is 8.66. The Kier molecular flexibility index (Phi) is 5.98. The van der Waals surface area contributed by atoms with Gasteiger partial charge in [0.2, 0.25) is 0 Å². The third-order valence-corrected chi connectivity index (χ3v) is 6.08. The molecule has 0 aromatic heterocycles. The van der Waals surface area contributed by atoms with E-state index < -0.39 is 0 Å². The molecule has 0 saturated carbocycles. The smallest absolute Gasteiger partial charge is 0.253 e. The van der Waals surface area contributed by atoms with E-state index in [-0.39, 0.29) is 11.9 Å². The maximum absolute atomic E-state index is 13.1. The molecule has 156 valence electrons. The highest BCUT2D eigenvalue weighted by Gasteiger charge is 2.23. The molecule has 2 N–H and O–H groups in total. The van der Waals surface area contributed by atoms with Gasteiger partial charge in [0.05, 0.1) is 16.6 Å². The number of carbonyl (C=O) groups is 1. The average Bonchev–Trinajstić information content (AvgIpc) is 2.72. The van der Waals surface area contributed by atoms with Crippen molar-refractivity contribution in [1.82, 2.24) is 10.6 Å². The number of amides is 1. The van der Waals surface area contributed by atoms with E-state index in [2.05, 4.69) is 53.6 Å². The SMILES string of the molecule is C[C@@H]1CN(c2ccc(Cl)c(C(=O)N[C@H](C)c3cccc4ccccc34)c2)C[C@H](C)N1. The van der Waals surface area contributed by atoms with Crippen LogP contribution in [0.15, 0.2) is 60.7 Å². The normalized spacial score (nSPS) is 20.2. The molecule has 1 aliphatic rings. The van der Waals surface area contributed by atoms with Gasteiger partial charge in [0.25, 0.3) is 5.91 Å². The minimum atomic E-state index is -0.154. The number of halogens is 1. The minimum absolute atomic E-state index is 0.137. The monoisotopic (exact) mass is 421 g/mol. The Labute approximate surface area is 183 Å². The summed E-state index contributed by atoms with van der Waals surface area (Å²) in [6.07, 6.45) is 0. The van der Waals surface area contributed by atoms with Gasteiger partial charge in [0.15, 0.2) is 0 Å². The Morgan fingerprint density at radius 3 is 2.53 bits per heavy atom. The molecule has 0 aliphatic carbocycles. The lowest BCUT2D eigenvalue weighted by Crippen LogP contribution is -2.54. The fourth-order valence-electron chi connectivity index (χ4n) is 4.40. The highest BCUT2D eigenvalue weighted by Crippen LogP contribution is 2.27. The van der Waals surface area contributed by atoms with Crippen LogP contribution in [-0.4, -0.2) is 31.1 Å². The van der Waals surface area contributed by atoms with E-state index in [0.29, 0.717) is 22.7 Å². The minimum Gasteiger partial charge on any atom is -0.368 e. The van der Waals surface area contributed by atoms with Crippen molar-refractivity contribution in [2.75, 3.05) is 18.0 Å². The molecule has 4 rings (SSSR count). The van der Waals surface area contributed by atoms with Gasteiger partial charge < -0.3 is 15.5 Å². The highest BCUT2D eigenvalue weighted by molar-refractivity contribution is 6.34. The van der Waals surface area contributed by atoms with E-state index in [1.54, 1.807) is 0 Å². The van der Waals surface area contributed by atoms with Gasteiger partial charge >= 0.3 is 0 Å². The van der Waals surface area contributed by atoms with E-state index in [1.165, 1.54) is 0 Å². The zero-order valence-electron chi connectivity index (χ0n) is 17.7. The third-order valence-electron chi connectivity index (χ3n) is 5.75. The molecule has 3 aromatic carbocycles. The van der Waals surface area contributed by atoms with Gasteiger partial charge in [-0.25, -0.2) is 0 Å². The Hall–Kier alpha value is -2.56. The van der Waals surface area contributed by atoms with Gasteiger partial charge in [-0.05, 0) is 55.3 Å². The van der Waals surface area contributed by atoms with Gasteiger partial charge in [-0.1, -0.05) is 54.1 Å². The van der Waals surface area contributed by atoms with Crippen LogP contribution >= 0.6 is 11.6 Å². The summed E-state index contributed by atoms with van der Waals surface area (Å²) in [7, 11) is 0. The van der Waals surface area contributed by atoms with Crippen molar-refractivity contribution in [3.63, 3.8) is 0 Å². The quantitative estimate of drug-likeness (QED) is 0.610. The van der Waals surface area contributed by atoms with Crippen LogP contribution in [0.3, 0.4) is 0 Å². The van der Waals surface area contributed by atoms with Crippen LogP contribution < -0.4 is 15.5 Å². The summed E-state index contributed by atoms with van der Waals surface area (Å²) in [5, 5.41) is 9.46. The Morgan fingerprint density at radius 1 is 1.07 bits per heavy atom. The zero-order valence-corrected chi connectivity index (χ0v) is 18.4. The third kappa shape index (κ3) is 4.30. The second-order valence-electron chi connectivity index (χ2n) is 8.30. The predicted octanol–water partition coefficient (Wildman–Crippen LogP) is 5.17. The number of hydrogen-bond acceptors (Lipinski definition) is 3. The van der Waals surface area contributed by atoms with Crippen LogP contribution in [0.4, 0.5) is 5.69 Å². The van der Waals surface area contributed by atoms with Crippen molar-refractivity contribution in [2.45, 2.75) is 38.9 Å². The van der Waals surface area contributed by atoms with E-state index in [1.807, 2.05) is 43.3 Å². The van der Waals surface area contributed by atoms with Crippen LogP contribution in [0, 0.1) is 0 Å². The molecule has 3 aromatic rings. The first-order valence-corrected chi connectivity index (χ1v) is 10.9. The molecule has 0 radical (unpaired) electrons. The first-order valence-electron chi connectivity index (χ1n) is 10.5. The molecule has 0 unspecified atom stereocenters. The molecule has 1 saturated heterocycles. The molecule has 1 aliphatic heterocycles. The van der Waals surface area contributed by atoms with Crippen LogP contribution in [0.2, 0.25) is 5.02 Å². The van der Waals surface area contributed by atoms with Crippen molar-refractivity contribution in [3.8, 4) is 0 Å². The first kappa shape index (κ1) is 20.7. The fourth-order valence-corrected chi connectivity index (χ4v) is 4.61. The topological polar surface area (TPSA) is 44.4 Å². The number of rotatable bonds is 4. The molecule has 1 heterocycles. The van der Waals surface area contributed by atoms with E-state index in [9.17, 15) is 4.79 Å². The van der Waals surface area contributed by atoms with Crippen LogP contribution in [0.25, 0.3) is 10.8 Å². The van der Waals surface area contributed by atoms with Gasteiger partial charge in [-0.3, -0.25) is 4.79 Å². The lowest BCUT2D eigenvalue weighted by atomic mass is 9.99. The van der Waals surface area contributed by atoms with Gasteiger partial charge in [-0.15, -0.1) is 0 Å². The van der Waals surface area contributed by atoms with E-state index >= 15 is 0 Å². The molecule has 3 atom stereocenters. The Bertz CT molecular complexity index is 1050. The number of piperazine rings is 1. The van der Waals surface area contributed by atoms with Crippen molar-refractivity contribution < 1.29 is 4.79 Å². The van der Waals surface area contributed by atoms with E-state index in [0.717, 1.165) is 35.1 Å². The number of hydrogen-bond donors (Lipinski definition) is 2. The summed E-state index contributed by atoms with van der Waals surface area (Å²) in [6.45, 7) is 8.17. The lowest BCUT2D eigenvalue weighted by molar-refractivity contribution is 0.0940. The molecule has 1 fully saturated rings. The maximum Gasteiger partial charge on any atom is 0.253 e. The summed E-state index contributed by atoms with van der Waals surface area (Å²) in [4.78, 5) is 15.4. The fraction of sp³-hybridized carbons (Fsp3) is 0.320. The summed E-state index contributed by atoms with van der Waals surface area (Å²) in [5.41, 5.74) is 2.64. The molecule has 30 heavy (non-hydrogen) atoms. The Balaban J connectivity index is 1.57.